The third-order valence-electron chi connectivity index (χ3n) is 17.3. The van der Waals surface area contributed by atoms with E-state index in [1.807, 2.05) is 0 Å². The zero-order valence-electron chi connectivity index (χ0n) is 61.6. The fourth-order valence-corrected chi connectivity index (χ4v) is 13.0. The molecule has 5 atom stereocenters. The van der Waals surface area contributed by atoms with Crippen LogP contribution in [0, 0.1) is 23.7 Å². The highest BCUT2D eigenvalue weighted by atomic mass is 31.2. The Morgan fingerprint density at radius 2 is 0.447 bits per heavy atom. The number of aliphatic hydroxyl groups is 1. The van der Waals surface area contributed by atoms with Gasteiger partial charge in [-0.2, -0.15) is 0 Å². The molecule has 0 radical (unpaired) electrons. The van der Waals surface area contributed by atoms with Gasteiger partial charge in [0, 0.05) is 25.7 Å². The highest BCUT2D eigenvalue weighted by Crippen LogP contribution is 2.45. The number of unbranched alkanes of at least 4 members (excludes halogenated alkanes) is 38. The van der Waals surface area contributed by atoms with Crippen molar-refractivity contribution in [2.45, 2.75) is 395 Å². The van der Waals surface area contributed by atoms with E-state index in [1.54, 1.807) is 0 Å². The molecule has 0 aliphatic rings. The second-order valence-corrected chi connectivity index (χ2v) is 31.9. The molecular weight excluding hydrogens is 1230 g/mol. The number of phosphoric acid groups is 2. The number of carbonyl (C=O) groups excluding carboxylic acids is 4. The van der Waals surface area contributed by atoms with Gasteiger partial charge in [0.15, 0.2) is 12.2 Å². The maximum Gasteiger partial charge on any atom is 0.472 e. The van der Waals surface area contributed by atoms with Crippen LogP contribution in [0.1, 0.15) is 376 Å². The van der Waals surface area contributed by atoms with E-state index in [4.69, 9.17) is 37.0 Å². The summed E-state index contributed by atoms with van der Waals surface area (Å²) in [5.41, 5.74) is 0. The highest BCUT2D eigenvalue weighted by Gasteiger charge is 2.30. The molecule has 558 valence electrons. The summed E-state index contributed by atoms with van der Waals surface area (Å²) in [5, 5.41) is 10.6. The van der Waals surface area contributed by atoms with E-state index in [2.05, 4.69) is 55.4 Å². The molecule has 0 saturated heterocycles. The molecule has 0 aromatic heterocycles. The van der Waals surface area contributed by atoms with Crippen molar-refractivity contribution in [2.24, 2.45) is 23.7 Å². The monoisotopic (exact) mass is 1380 g/mol. The first-order chi connectivity index (χ1) is 45.1. The number of esters is 4. The van der Waals surface area contributed by atoms with Crippen LogP contribution < -0.4 is 0 Å². The Morgan fingerprint density at radius 1 is 0.266 bits per heavy atom. The largest absolute Gasteiger partial charge is 0.472 e. The molecule has 0 saturated carbocycles. The summed E-state index contributed by atoms with van der Waals surface area (Å²) in [6.45, 7) is 14.1. The summed E-state index contributed by atoms with van der Waals surface area (Å²) in [4.78, 5) is 72.7. The van der Waals surface area contributed by atoms with Gasteiger partial charge >= 0.3 is 39.5 Å². The molecule has 0 aliphatic heterocycles. The number of rotatable bonds is 72. The van der Waals surface area contributed by atoms with Gasteiger partial charge < -0.3 is 33.8 Å². The first-order valence-electron chi connectivity index (χ1n) is 38.7. The zero-order valence-corrected chi connectivity index (χ0v) is 63.4. The van der Waals surface area contributed by atoms with E-state index < -0.39 is 97.5 Å². The van der Waals surface area contributed by atoms with E-state index in [9.17, 15) is 43.2 Å². The minimum absolute atomic E-state index is 0.105. The summed E-state index contributed by atoms with van der Waals surface area (Å²) in [5.74, 6) is 0.875. The van der Waals surface area contributed by atoms with Crippen LogP contribution in [0.15, 0.2) is 0 Å². The number of hydrogen-bond acceptors (Lipinski definition) is 15. The quantitative estimate of drug-likeness (QED) is 0.0222. The van der Waals surface area contributed by atoms with Crippen LogP contribution in [0.3, 0.4) is 0 Å². The van der Waals surface area contributed by atoms with Crippen LogP contribution >= 0.6 is 15.6 Å². The fraction of sp³-hybridized carbons (Fsp3) is 0.947. The van der Waals surface area contributed by atoms with Crippen molar-refractivity contribution >= 4 is 39.5 Å². The van der Waals surface area contributed by atoms with Crippen LogP contribution in [-0.4, -0.2) is 96.7 Å². The average molecular weight is 1380 g/mol. The summed E-state index contributed by atoms with van der Waals surface area (Å²) in [7, 11) is -9.91. The lowest BCUT2D eigenvalue weighted by molar-refractivity contribution is -0.161. The average Bonchev–Trinajstić information content (AvgIpc) is 1.39. The third-order valence-corrected chi connectivity index (χ3v) is 19.2. The Morgan fingerprint density at radius 3 is 0.660 bits per heavy atom. The number of carbonyl (C=O) groups is 4. The first kappa shape index (κ1) is 92.1. The highest BCUT2D eigenvalue weighted by molar-refractivity contribution is 7.47. The van der Waals surface area contributed by atoms with Crippen LogP contribution in [-0.2, 0) is 65.4 Å². The predicted molar refractivity (Wildman–Crippen MR) is 381 cm³/mol. The van der Waals surface area contributed by atoms with Gasteiger partial charge in [0.1, 0.15) is 19.3 Å². The van der Waals surface area contributed by atoms with Gasteiger partial charge in [0.05, 0.1) is 26.4 Å². The standard InChI is InChI=1S/C75H146O17P2/c1-65(2)51-43-35-27-21-15-13-11-9-10-12-14-16-25-31-41-49-57-74(79)92-71(62-86-73(78)56-48-40-34-33-38-46-54-68(7)8)64-90-94(83,84)88-60-69(76)59-87-93(81,82)89-63-70(91-75(80)58-50-42-32-26-20-18-23-29-37-45-53-67(5)6)61-85-72(77)55-47-39-30-24-19-17-22-28-36-44-52-66(3)4/h65-71,76H,9-64H2,1-8H3,(H,81,82)(H,83,84)/t69?,70-,71-/m1/s1. The molecule has 19 heteroatoms. The van der Waals surface area contributed by atoms with Crippen molar-refractivity contribution in [2.75, 3.05) is 39.6 Å². The van der Waals surface area contributed by atoms with Gasteiger partial charge in [-0.1, -0.05) is 325 Å². The lowest BCUT2D eigenvalue weighted by Crippen LogP contribution is -2.30. The number of phosphoric ester groups is 2. The van der Waals surface area contributed by atoms with Crippen molar-refractivity contribution in [3.05, 3.63) is 0 Å². The third kappa shape index (κ3) is 68.6. The Bertz CT molecular complexity index is 1850. The molecule has 0 aromatic rings. The number of ether oxygens (including phenoxy) is 4. The molecule has 0 fully saturated rings. The molecule has 0 aliphatic carbocycles. The molecule has 0 spiro atoms. The van der Waals surface area contributed by atoms with Crippen molar-refractivity contribution in [1.82, 2.24) is 0 Å². The summed E-state index contributed by atoms with van der Waals surface area (Å²) < 4.78 is 68.4. The Balaban J connectivity index is 5.21. The molecular formula is C75H146O17P2. The number of hydrogen-bond donors (Lipinski definition) is 3. The van der Waals surface area contributed by atoms with Crippen molar-refractivity contribution < 1.29 is 80.2 Å². The van der Waals surface area contributed by atoms with E-state index in [0.717, 1.165) is 114 Å². The van der Waals surface area contributed by atoms with E-state index >= 15 is 0 Å². The second-order valence-electron chi connectivity index (χ2n) is 28.9. The van der Waals surface area contributed by atoms with E-state index in [-0.39, 0.29) is 25.7 Å². The number of aliphatic hydroxyl groups excluding tert-OH is 1. The minimum atomic E-state index is -4.96. The zero-order chi connectivity index (χ0) is 69.6. The van der Waals surface area contributed by atoms with Gasteiger partial charge in [-0.3, -0.25) is 37.3 Å². The molecule has 3 unspecified atom stereocenters. The van der Waals surface area contributed by atoms with Crippen LogP contribution in [0.25, 0.3) is 0 Å². The Hall–Kier alpha value is -1.94. The van der Waals surface area contributed by atoms with Crippen LogP contribution in [0.4, 0.5) is 0 Å². The van der Waals surface area contributed by atoms with Crippen molar-refractivity contribution in [3.63, 3.8) is 0 Å². The minimum Gasteiger partial charge on any atom is -0.462 e. The van der Waals surface area contributed by atoms with Gasteiger partial charge in [0.2, 0.25) is 0 Å². The molecule has 0 rings (SSSR count). The van der Waals surface area contributed by atoms with Crippen LogP contribution in [0.2, 0.25) is 0 Å². The second kappa shape index (κ2) is 64.4. The molecule has 0 heterocycles. The van der Waals surface area contributed by atoms with Gasteiger partial charge in [-0.25, -0.2) is 9.13 Å². The SMILES string of the molecule is CC(C)CCCCCCCCCCCCCCCCCCC(=O)O[C@H](COC(=O)CCCCCCCCC(C)C)COP(=O)(O)OCC(O)COP(=O)(O)OC[C@@H](COC(=O)CCCCCCCCCCCCC(C)C)OC(=O)CCCCCCCCCCCCC(C)C. The summed E-state index contributed by atoms with van der Waals surface area (Å²) >= 11 is 0. The maximum absolute atomic E-state index is 13.0. The van der Waals surface area contributed by atoms with Crippen LogP contribution in [0.5, 0.6) is 0 Å². The van der Waals surface area contributed by atoms with E-state index in [1.165, 1.54) is 173 Å². The summed E-state index contributed by atoms with van der Waals surface area (Å²) in [6, 6.07) is 0. The molecule has 0 bridgehead atoms. The Kier molecular flexibility index (Phi) is 63.1. The molecule has 94 heavy (non-hydrogen) atoms. The normalized spacial score (nSPS) is 14.2. The van der Waals surface area contributed by atoms with Gasteiger partial charge in [-0.05, 0) is 49.4 Å². The smallest absolute Gasteiger partial charge is 0.462 e. The maximum atomic E-state index is 13.0. The van der Waals surface area contributed by atoms with Gasteiger partial charge in [0.25, 0.3) is 0 Å². The fourth-order valence-electron chi connectivity index (χ4n) is 11.4. The lowest BCUT2D eigenvalue weighted by atomic mass is 10.0. The molecule has 17 nitrogen and oxygen atoms in total. The molecule has 0 amide bonds. The Labute approximate surface area is 575 Å². The predicted octanol–water partition coefficient (Wildman–Crippen LogP) is 21.7. The lowest BCUT2D eigenvalue weighted by Gasteiger charge is -2.21. The molecule has 3 N–H and O–H groups in total. The first-order valence-corrected chi connectivity index (χ1v) is 41.7. The van der Waals surface area contributed by atoms with Crippen molar-refractivity contribution in [3.8, 4) is 0 Å². The van der Waals surface area contributed by atoms with Crippen molar-refractivity contribution in [1.29, 1.82) is 0 Å². The van der Waals surface area contributed by atoms with Gasteiger partial charge in [-0.15, -0.1) is 0 Å². The topological polar surface area (TPSA) is 237 Å². The summed E-state index contributed by atoms with van der Waals surface area (Å²) in [6.07, 6.45) is 48.8. The molecule has 0 aromatic carbocycles. The van der Waals surface area contributed by atoms with E-state index in [0.29, 0.717) is 31.6 Å².